The van der Waals surface area contributed by atoms with E-state index in [0.29, 0.717) is 0 Å². The van der Waals surface area contributed by atoms with E-state index >= 15 is 0 Å². The minimum Gasteiger partial charge on any atom is 0 e. The van der Waals surface area contributed by atoms with Crippen molar-refractivity contribution in [3.05, 3.63) is 0 Å². The van der Waals surface area contributed by atoms with Gasteiger partial charge in [-0.2, -0.15) is 0 Å². The van der Waals surface area contributed by atoms with Gasteiger partial charge < -0.3 is 2.85 Å². The predicted octanol–water partition coefficient (Wildman–Crippen LogP) is -1.08. The molecule has 0 rings (SSSR count). The van der Waals surface area contributed by atoms with Crippen molar-refractivity contribution in [1.82, 2.24) is 0 Å². The van der Waals surface area contributed by atoms with Crippen molar-refractivity contribution in [2.24, 2.45) is 0 Å². The zero-order valence-electron chi connectivity index (χ0n) is 5.36. The van der Waals surface area contributed by atoms with Crippen molar-refractivity contribution in [2.45, 2.75) is 0 Å². The summed E-state index contributed by atoms with van der Waals surface area (Å²) >= 11 is 0. The molecule has 0 unspecified atom stereocenters. The standard InChI is InChI=1S/Ca.Cu.Fe.Mn.Mo.H2Se.Zn.2H/h;;;;;1H2;;;/q+2;;;;;;;2*-1. The fraction of sp³-hybridized carbons (Fsp3) is 0. The molecule has 0 aliphatic carbocycles. The minimum atomic E-state index is 0. The van der Waals surface area contributed by atoms with E-state index < -0.39 is 0 Å². The molecule has 0 aromatic carbocycles. The summed E-state index contributed by atoms with van der Waals surface area (Å²) in [4.78, 5) is 0. The summed E-state index contributed by atoms with van der Waals surface area (Å²) < 4.78 is 0. The van der Waals surface area contributed by atoms with Crippen LogP contribution in [-0.2, 0) is 91.7 Å². The van der Waals surface area contributed by atoms with Gasteiger partial charge in [-0.3, -0.25) is 0 Å². The van der Waals surface area contributed by atoms with Crippen LogP contribution < -0.4 is 0 Å². The van der Waals surface area contributed by atoms with Gasteiger partial charge in [0.25, 0.3) is 0 Å². The second-order valence-corrected chi connectivity index (χ2v) is 0. The molecule has 0 aliphatic heterocycles. The summed E-state index contributed by atoms with van der Waals surface area (Å²) in [5.41, 5.74) is 0. The first-order valence-electron chi connectivity index (χ1n) is 0. The Kier molecular flexibility index (Phi) is 400. The van der Waals surface area contributed by atoms with Gasteiger partial charge in [0, 0.05) is 91.7 Å². The number of rotatable bonds is 0. The van der Waals surface area contributed by atoms with Gasteiger partial charge in [-0.05, 0) is 0 Å². The molecule has 0 spiro atoms. The molecule has 0 atom stereocenters. The zero-order chi connectivity index (χ0) is 0. The van der Waals surface area contributed by atoms with Gasteiger partial charge in [0.15, 0.2) is 0 Å². The first-order chi connectivity index (χ1) is 0. The first kappa shape index (κ1) is 61.1. The Morgan fingerprint density at radius 1 is 1.14 bits per heavy atom. The Balaban J connectivity index is 0. The fourth-order valence-corrected chi connectivity index (χ4v) is 0. The first-order valence-corrected chi connectivity index (χ1v) is 0. The van der Waals surface area contributed by atoms with Crippen molar-refractivity contribution < 1.29 is 94.6 Å². The third kappa shape index (κ3) is 36.9. The maximum absolute atomic E-state index is 0. The molecule has 0 heterocycles. The molecule has 7 heteroatoms. The second-order valence-electron chi connectivity index (χ2n) is 0. The van der Waals surface area contributed by atoms with Gasteiger partial charge in [-0.15, -0.1) is 0 Å². The van der Waals surface area contributed by atoms with Crippen LogP contribution >= 0.6 is 0 Å². The van der Waals surface area contributed by atoms with Crippen LogP contribution in [0.5, 0.6) is 0 Å². The van der Waals surface area contributed by atoms with Gasteiger partial charge in [0.05, 0.1) is 0 Å². The normalized spacial score (nSPS) is 0. The van der Waals surface area contributed by atoms with Crippen LogP contribution in [0.15, 0.2) is 0 Å². The molecule has 0 nitrogen and oxygen atoms in total. The van der Waals surface area contributed by atoms with E-state index in [-0.39, 0.29) is 149 Å². The van der Waals surface area contributed by atoms with Crippen LogP contribution in [0.1, 0.15) is 2.85 Å². The summed E-state index contributed by atoms with van der Waals surface area (Å²) in [5.74, 6) is 0. The molecule has 7 heavy (non-hydrogen) atoms. The Labute approximate surface area is 146 Å². The topological polar surface area (TPSA) is 0 Å². The van der Waals surface area contributed by atoms with Gasteiger partial charge >= 0.3 is 54.8 Å². The van der Waals surface area contributed by atoms with E-state index in [1.165, 1.54) is 0 Å². The average Bonchev–Trinajstić information content (AvgIpc) is 0. The summed E-state index contributed by atoms with van der Waals surface area (Å²) in [6.45, 7) is 0. The van der Waals surface area contributed by atoms with Crippen LogP contribution in [0, 0.1) is 0 Å². The summed E-state index contributed by atoms with van der Waals surface area (Å²) in [6.07, 6.45) is 0. The molecule has 0 aromatic rings. The van der Waals surface area contributed by atoms with E-state index in [0.717, 1.165) is 0 Å². The fourth-order valence-electron chi connectivity index (χ4n) is 0. The Hall–Kier alpha value is 4.65. The van der Waals surface area contributed by atoms with Crippen LogP contribution in [-0.4, -0.2) is 54.8 Å². The average molecular weight is 459 g/mol. The Bertz CT molecular complexity index is 26.5. The molecule has 0 aliphatic rings. The van der Waals surface area contributed by atoms with Crippen LogP contribution in [0.3, 0.4) is 0 Å². The third-order valence-corrected chi connectivity index (χ3v) is 0. The SMILES string of the molecule is [Ca+2].[Cu].[Fe].[H-].[H-].[Mn].[Mo].[SeH2].[Zn]. The molecular formula is H4CaCuFeMnMoSeZn. The smallest absolute Gasteiger partial charge is 0 e. The Morgan fingerprint density at radius 2 is 1.14 bits per heavy atom. The van der Waals surface area contributed by atoms with Crippen molar-refractivity contribution in [1.29, 1.82) is 0 Å². The third-order valence-electron chi connectivity index (χ3n) is 0. The van der Waals surface area contributed by atoms with Gasteiger partial charge in [0.1, 0.15) is 0 Å². The largest absolute Gasteiger partial charge is 0 e. The van der Waals surface area contributed by atoms with Crippen LogP contribution in [0.25, 0.3) is 0 Å². The summed E-state index contributed by atoms with van der Waals surface area (Å²) in [6, 6.07) is 0. The number of hydrogen-bond donors (Lipinski definition) is 0. The summed E-state index contributed by atoms with van der Waals surface area (Å²) in [7, 11) is 0. The molecule has 0 aromatic heterocycles. The van der Waals surface area contributed by atoms with E-state index in [9.17, 15) is 0 Å². The molecule has 46 valence electrons. The van der Waals surface area contributed by atoms with E-state index in [2.05, 4.69) is 0 Å². The van der Waals surface area contributed by atoms with E-state index in [1.807, 2.05) is 0 Å². The van der Waals surface area contributed by atoms with Crippen LogP contribution in [0.4, 0.5) is 0 Å². The molecule has 2 radical (unpaired) electrons. The molecule has 0 N–H and O–H groups in total. The summed E-state index contributed by atoms with van der Waals surface area (Å²) in [5, 5.41) is 0. The monoisotopic (exact) mass is 460 g/mol. The quantitative estimate of drug-likeness (QED) is 0.405. The van der Waals surface area contributed by atoms with Gasteiger partial charge in [-0.25, -0.2) is 0 Å². The van der Waals surface area contributed by atoms with Gasteiger partial charge in [-0.1, -0.05) is 0 Å². The molecule has 0 saturated carbocycles. The van der Waals surface area contributed by atoms with Crippen molar-refractivity contribution >= 4 is 54.8 Å². The molecule has 0 amide bonds. The van der Waals surface area contributed by atoms with Crippen molar-refractivity contribution in [3.63, 3.8) is 0 Å². The molecular weight excluding hydrogens is 455 g/mol. The van der Waals surface area contributed by atoms with E-state index in [1.54, 1.807) is 0 Å². The maximum atomic E-state index is 0. The molecule has 0 bridgehead atoms. The van der Waals surface area contributed by atoms with Gasteiger partial charge in [0.2, 0.25) is 0 Å². The van der Waals surface area contributed by atoms with Crippen LogP contribution in [0.2, 0.25) is 0 Å². The van der Waals surface area contributed by atoms with E-state index in [4.69, 9.17) is 0 Å². The number of hydrogen-bond acceptors (Lipinski definition) is 0. The van der Waals surface area contributed by atoms with Crippen molar-refractivity contribution in [3.8, 4) is 0 Å². The predicted molar refractivity (Wildman–Crippen MR) is 16.5 cm³/mol. The Morgan fingerprint density at radius 3 is 1.14 bits per heavy atom. The minimum absolute atomic E-state index is 0. The maximum Gasteiger partial charge on any atom is 0 e. The zero-order valence-corrected chi connectivity index (χ0v) is 15.9. The van der Waals surface area contributed by atoms with Crippen molar-refractivity contribution in [2.75, 3.05) is 0 Å². The molecule has 0 saturated heterocycles. The molecule has 0 fully saturated rings. The second kappa shape index (κ2) is 45.9.